The highest BCUT2D eigenvalue weighted by Crippen LogP contribution is 2.35. The molecule has 9 nitrogen and oxygen atoms in total. The first-order valence-corrected chi connectivity index (χ1v) is 10.8. The van der Waals surface area contributed by atoms with Gasteiger partial charge in [-0.2, -0.15) is 4.98 Å². The van der Waals surface area contributed by atoms with E-state index in [1.54, 1.807) is 6.20 Å². The highest BCUT2D eigenvalue weighted by atomic mass is 32.2. The standard InChI is InChI=1S/C19H18F3N5O4S/c1-11-9-27-10-16(26-18(27)30-11)14-7-13(32(28,29)23-2)4-5-15(14)25-12-3-6-17(24-8-12)31-19(20,21)22/h3-8,10-11,23,25H,9H2,1-2H3/t11-/m1/s1. The topological polar surface area (TPSA) is 107 Å². The molecule has 1 aliphatic heterocycles. The van der Waals surface area contributed by atoms with Gasteiger partial charge in [-0.1, -0.05) is 0 Å². The number of halogens is 3. The molecule has 0 saturated carbocycles. The van der Waals surface area contributed by atoms with Crippen LogP contribution in [-0.2, 0) is 16.6 Å². The van der Waals surface area contributed by atoms with Crippen LogP contribution in [0.25, 0.3) is 11.3 Å². The molecule has 0 bridgehead atoms. The summed E-state index contributed by atoms with van der Waals surface area (Å²) in [6.07, 6.45) is -1.96. The molecule has 1 aromatic carbocycles. The van der Waals surface area contributed by atoms with Gasteiger partial charge in [0.15, 0.2) is 0 Å². The van der Waals surface area contributed by atoms with Crippen molar-refractivity contribution in [3.63, 3.8) is 0 Å². The number of pyridine rings is 1. The van der Waals surface area contributed by atoms with Gasteiger partial charge in [0.25, 0.3) is 6.01 Å². The first-order valence-electron chi connectivity index (χ1n) is 9.35. The molecule has 0 spiro atoms. The summed E-state index contributed by atoms with van der Waals surface area (Å²) in [4.78, 5) is 8.10. The molecule has 1 aliphatic rings. The van der Waals surface area contributed by atoms with Crippen molar-refractivity contribution in [3.8, 4) is 23.1 Å². The number of nitrogens with zero attached hydrogens (tertiary/aromatic N) is 3. The summed E-state index contributed by atoms with van der Waals surface area (Å²) in [5.74, 6) is -0.601. The monoisotopic (exact) mass is 469 g/mol. The van der Waals surface area contributed by atoms with E-state index in [1.807, 2.05) is 11.5 Å². The number of ether oxygens (including phenoxy) is 2. The van der Waals surface area contributed by atoms with Crippen molar-refractivity contribution >= 4 is 21.4 Å². The van der Waals surface area contributed by atoms with E-state index in [2.05, 4.69) is 24.7 Å². The zero-order valence-corrected chi connectivity index (χ0v) is 17.7. The largest absolute Gasteiger partial charge is 0.574 e. The molecule has 2 N–H and O–H groups in total. The summed E-state index contributed by atoms with van der Waals surface area (Å²) in [6.45, 7) is 2.50. The van der Waals surface area contributed by atoms with Gasteiger partial charge in [0, 0.05) is 23.5 Å². The molecule has 0 radical (unpaired) electrons. The molecule has 13 heteroatoms. The van der Waals surface area contributed by atoms with Crippen LogP contribution in [0.5, 0.6) is 11.9 Å². The lowest BCUT2D eigenvalue weighted by Crippen LogP contribution is -2.18. The maximum Gasteiger partial charge on any atom is 0.574 e. The van der Waals surface area contributed by atoms with Gasteiger partial charge in [0.05, 0.1) is 29.0 Å². The van der Waals surface area contributed by atoms with E-state index in [-0.39, 0.29) is 11.0 Å². The minimum Gasteiger partial charge on any atom is -0.460 e. The molecule has 0 amide bonds. The predicted octanol–water partition coefficient (Wildman–Crippen LogP) is 3.28. The Bertz CT molecular complexity index is 1220. The van der Waals surface area contributed by atoms with E-state index >= 15 is 0 Å². The first kappa shape index (κ1) is 21.9. The van der Waals surface area contributed by atoms with Crippen LogP contribution >= 0.6 is 0 Å². The third kappa shape index (κ3) is 4.62. The number of anilines is 2. The van der Waals surface area contributed by atoms with Crippen LogP contribution in [0, 0.1) is 0 Å². The Morgan fingerprint density at radius 2 is 2.03 bits per heavy atom. The van der Waals surface area contributed by atoms with Gasteiger partial charge >= 0.3 is 6.36 Å². The van der Waals surface area contributed by atoms with Crippen molar-refractivity contribution in [2.75, 3.05) is 12.4 Å². The summed E-state index contributed by atoms with van der Waals surface area (Å²) < 4.78 is 75.1. The van der Waals surface area contributed by atoms with Crippen LogP contribution in [0.4, 0.5) is 24.5 Å². The molecule has 1 atom stereocenters. The number of aromatic nitrogens is 3. The zero-order chi connectivity index (χ0) is 23.1. The SMILES string of the molecule is CNS(=O)(=O)c1ccc(Nc2ccc(OC(F)(F)F)nc2)c(-c2cn3c(n2)O[C@H](C)C3)c1. The number of hydrogen-bond acceptors (Lipinski definition) is 7. The second-order valence-electron chi connectivity index (χ2n) is 6.96. The van der Waals surface area contributed by atoms with Crippen molar-refractivity contribution in [1.29, 1.82) is 0 Å². The molecule has 0 aliphatic carbocycles. The van der Waals surface area contributed by atoms with E-state index < -0.39 is 22.3 Å². The molecule has 170 valence electrons. The maximum atomic E-state index is 12.3. The number of imidazole rings is 1. The number of fused-ring (bicyclic) bond motifs is 1. The molecule has 3 heterocycles. The van der Waals surface area contributed by atoms with Gasteiger partial charge in [0.1, 0.15) is 6.10 Å². The number of hydrogen-bond donors (Lipinski definition) is 2. The molecule has 0 fully saturated rings. The minimum atomic E-state index is -4.84. The van der Waals surface area contributed by atoms with Crippen molar-refractivity contribution in [2.24, 2.45) is 0 Å². The van der Waals surface area contributed by atoms with Crippen LogP contribution in [0.3, 0.4) is 0 Å². The van der Waals surface area contributed by atoms with Crippen molar-refractivity contribution < 1.29 is 31.1 Å². The first-order chi connectivity index (χ1) is 15.0. The summed E-state index contributed by atoms with van der Waals surface area (Å²) in [5.41, 5.74) is 1.75. The lowest BCUT2D eigenvalue weighted by Gasteiger charge is -2.14. The fourth-order valence-corrected chi connectivity index (χ4v) is 3.92. The molecular formula is C19H18F3N5O4S. The fourth-order valence-electron chi connectivity index (χ4n) is 3.17. The third-order valence-electron chi connectivity index (χ3n) is 4.58. The van der Waals surface area contributed by atoms with Crippen LogP contribution in [-0.4, -0.2) is 42.5 Å². The number of benzene rings is 1. The second kappa shape index (κ2) is 7.98. The Balaban J connectivity index is 1.69. The Hall–Kier alpha value is -3.32. The van der Waals surface area contributed by atoms with E-state index in [0.717, 1.165) is 6.07 Å². The van der Waals surface area contributed by atoms with Crippen LogP contribution < -0.4 is 19.5 Å². The lowest BCUT2D eigenvalue weighted by molar-refractivity contribution is -0.276. The van der Waals surface area contributed by atoms with Gasteiger partial charge in [0.2, 0.25) is 15.9 Å². The van der Waals surface area contributed by atoms with Gasteiger partial charge in [-0.05, 0) is 38.2 Å². The summed E-state index contributed by atoms with van der Waals surface area (Å²) in [7, 11) is -2.42. The molecule has 0 unspecified atom stereocenters. The van der Waals surface area contributed by atoms with Gasteiger partial charge in [-0.3, -0.25) is 4.57 Å². The highest BCUT2D eigenvalue weighted by molar-refractivity contribution is 7.89. The zero-order valence-electron chi connectivity index (χ0n) is 16.8. The Morgan fingerprint density at radius 3 is 2.66 bits per heavy atom. The van der Waals surface area contributed by atoms with E-state index in [0.29, 0.717) is 35.2 Å². The number of sulfonamides is 1. The average Bonchev–Trinajstić information content (AvgIpc) is 3.26. The minimum absolute atomic E-state index is 0.0232. The van der Waals surface area contributed by atoms with E-state index in [9.17, 15) is 21.6 Å². The summed E-state index contributed by atoms with van der Waals surface area (Å²) in [5, 5.41) is 3.03. The Kier molecular flexibility index (Phi) is 5.46. The normalized spacial score (nSPS) is 15.8. The number of nitrogens with one attached hydrogen (secondary N) is 2. The fraction of sp³-hybridized carbons (Fsp3) is 0.263. The molecule has 3 aromatic rings. The van der Waals surface area contributed by atoms with Gasteiger partial charge in [-0.25, -0.2) is 18.1 Å². The molecule has 0 saturated heterocycles. The van der Waals surface area contributed by atoms with Crippen molar-refractivity contribution in [3.05, 3.63) is 42.7 Å². The Morgan fingerprint density at radius 1 is 1.25 bits per heavy atom. The number of alkyl halides is 3. The van der Waals surface area contributed by atoms with Crippen LogP contribution in [0.1, 0.15) is 6.92 Å². The van der Waals surface area contributed by atoms with Gasteiger partial charge in [-0.15, -0.1) is 13.2 Å². The van der Waals surface area contributed by atoms with Gasteiger partial charge < -0.3 is 14.8 Å². The molecular weight excluding hydrogens is 451 g/mol. The Labute approximate surface area is 181 Å². The predicted molar refractivity (Wildman–Crippen MR) is 108 cm³/mol. The summed E-state index contributed by atoms with van der Waals surface area (Å²) in [6, 6.07) is 7.21. The second-order valence-corrected chi connectivity index (χ2v) is 8.85. The maximum absolute atomic E-state index is 12.3. The number of rotatable bonds is 6. The average molecular weight is 469 g/mol. The van der Waals surface area contributed by atoms with Crippen molar-refractivity contribution in [2.45, 2.75) is 30.8 Å². The quantitative estimate of drug-likeness (QED) is 0.571. The third-order valence-corrected chi connectivity index (χ3v) is 5.99. The molecule has 2 aromatic heterocycles. The van der Waals surface area contributed by atoms with Crippen LogP contribution in [0.2, 0.25) is 0 Å². The van der Waals surface area contributed by atoms with Crippen molar-refractivity contribution in [1.82, 2.24) is 19.3 Å². The molecule has 32 heavy (non-hydrogen) atoms. The highest BCUT2D eigenvalue weighted by Gasteiger charge is 2.31. The summed E-state index contributed by atoms with van der Waals surface area (Å²) >= 11 is 0. The van der Waals surface area contributed by atoms with E-state index in [4.69, 9.17) is 4.74 Å². The van der Waals surface area contributed by atoms with Crippen LogP contribution in [0.15, 0.2) is 47.6 Å². The smallest absolute Gasteiger partial charge is 0.460 e. The van der Waals surface area contributed by atoms with E-state index in [1.165, 1.54) is 37.5 Å². The molecule has 4 rings (SSSR count). The lowest BCUT2D eigenvalue weighted by atomic mass is 10.1.